The molecule has 0 heterocycles. The van der Waals surface area contributed by atoms with Gasteiger partial charge in [0, 0.05) is 35.4 Å². The SMILES string of the molecule is N#C/C(=C/Nc1ccc(N)cc1)C(=O)Nc1cccc([N+](=O)[O-])c1. The lowest BCUT2D eigenvalue weighted by molar-refractivity contribution is -0.384. The van der Waals surface area contributed by atoms with Gasteiger partial charge in [0.2, 0.25) is 0 Å². The van der Waals surface area contributed by atoms with E-state index in [1.165, 1.54) is 30.5 Å². The fourth-order valence-corrected chi connectivity index (χ4v) is 1.78. The minimum atomic E-state index is -0.680. The molecule has 0 aliphatic carbocycles. The molecule has 8 nitrogen and oxygen atoms in total. The van der Waals surface area contributed by atoms with Gasteiger partial charge in [-0.15, -0.1) is 0 Å². The first-order chi connectivity index (χ1) is 11.5. The van der Waals surface area contributed by atoms with Crippen LogP contribution in [0.3, 0.4) is 0 Å². The second-order valence-electron chi connectivity index (χ2n) is 4.70. The summed E-state index contributed by atoms with van der Waals surface area (Å²) in [6.07, 6.45) is 1.25. The number of rotatable bonds is 5. The summed E-state index contributed by atoms with van der Waals surface area (Å²) in [4.78, 5) is 22.2. The second-order valence-corrected chi connectivity index (χ2v) is 4.70. The van der Waals surface area contributed by atoms with Gasteiger partial charge in [0.05, 0.1) is 4.92 Å². The highest BCUT2D eigenvalue weighted by Crippen LogP contribution is 2.17. The number of hydrogen-bond acceptors (Lipinski definition) is 6. The maximum atomic E-state index is 12.1. The molecule has 2 aromatic carbocycles. The predicted molar refractivity (Wildman–Crippen MR) is 89.9 cm³/mol. The molecule has 0 aliphatic heterocycles. The van der Waals surface area contributed by atoms with Crippen molar-refractivity contribution in [3.8, 4) is 6.07 Å². The molecule has 8 heteroatoms. The average molecular weight is 323 g/mol. The Morgan fingerprint density at radius 3 is 2.54 bits per heavy atom. The van der Waals surface area contributed by atoms with E-state index in [0.717, 1.165) is 0 Å². The van der Waals surface area contributed by atoms with Crippen molar-refractivity contribution in [2.75, 3.05) is 16.4 Å². The van der Waals surface area contributed by atoms with Crippen LogP contribution in [0.15, 0.2) is 60.3 Å². The molecule has 0 saturated carbocycles. The van der Waals surface area contributed by atoms with Gasteiger partial charge in [-0.3, -0.25) is 14.9 Å². The summed E-state index contributed by atoms with van der Waals surface area (Å²) < 4.78 is 0. The molecule has 4 N–H and O–H groups in total. The molecule has 2 aromatic rings. The van der Waals surface area contributed by atoms with Crippen molar-refractivity contribution in [2.45, 2.75) is 0 Å². The fraction of sp³-hybridized carbons (Fsp3) is 0. The highest BCUT2D eigenvalue weighted by atomic mass is 16.6. The maximum absolute atomic E-state index is 12.1. The first-order valence-corrected chi connectivity index (χ1v) is 6.78. The molecule has 0 radical (unpaired) electrons. The van der Waals surface area contributed by atoms with E-state index < -0.39 is 10.8 Å². The van der Waals surface area contributed by atoms with Crippen LogP contribution >= 0.6 is 0 Å². The van der Waals surface area contributed by atoms with Gasteiger partial charge >= 0.3 is 0 Å². The lowest BCUT2D eigenvalue weighted by atomic mass is 10.2. The molecule has 0 bridgehead atoms. The number of hydrogen-bond donors (Lipinski definition) is 3. The number of nitriles is 1. The number of carbonyl (C=O) groups is 1. The number of nitro groups is 1. The fourth-order valence-electron chi connectivity index (χ4n) is 1.78. The molecule has 0 aliphatic rings. The van der Waals surface area contributed by atoms with Gasteiger partial charge < -0.3 is 16.4 Å². The number of carbonyl (C=O) groups excluding carboxylic acids is 1. The molecular formula is C16H13N5O3. The minimum Gasteiger partial charge on any atom is -0.399 e. The van der Waals surface area contributed by atoms with E-state index in [0.29, 0.717) is 11.4 Å². The van der Waals surface area contributed by atoms with Crippen LogP contribution in [0.1, 0.15) is 0 Å². The number of benzene rings is 2. The van der Waals surface area contributed by atoms with E-state index in [1.54, 1.807) is 30.3 Å². The van der Waals surface area contributed by atoms with Crippen LogP contribution in [0.4, 0.5) is 22.7 Å². The number of amides is 1. The van der Waals surface area contributed by atoms with Crippen molar-refractivity contribution >= 4 is 28.7 Å². The molecule has 0 unspecified atom stereocenters. The first kappa shape index (κ1) is 16.5. The quantitative estimate of drug-likeness (QED) is 0.254. The molecule has 24 heavy (non-hydrogen) atoms. The zero-order chi connectivity index (χ0) is 17.5. The largest absolute Gasteiger partial charge is 0.399 e. The third-order valence-corrected chi connectivity index (χ3v) is 2.97. The van der Waals surface area contributed by atoms with Crippen molar-refractivity contribution in [1.29, 1.82) is 5.26 Å². The Labute approximate surface area is 137 Å². The second kappa shape index (κ2) is 7.42. The summed E-state index contributed by atoms with van der Waals surface area (Å²) in [7, 11) is 0. The Morgan fingerprint density at radius 2 is 1.92 bits per heavy atom. The average Bonchev–Trinajstić information content (AvgIpc) is 2.57. The Kier molecular flexibility index (Phi) is 5.10. The Balaban J connectivity index is 2.10. The van der Waals surface area contributed by atoms with Crippen molar-refractivity contribution in [2.24, 2.45) is 0 Å². The number of nitrogens with zero attached hydrogens (tertiary/aromatic N) is 2. The molecule has 1 amide bonds. The van der Waals surface area contributed by atoms with Crippen LogP contribution in [0.2, 0.25) is 0 Å². The molecule has 0 fully saturated rings. The Bertz CT molecular complexity index is 838. The predicted octanol–water partition coefficient (Wildman–Crippen LogP) is 2.64. The number of nitrogens with two attached hydrogens (primary N) is 1. The monoisotopic (exact) mass is 323 g/mol. The minimum absolute atomic E-state index is 0.157. The molecule has 0 atom stereocenters. The lowest BCUT2D eigenvalue weighted by Crippen LogP contribution is -2.14. The van der Waals surface area contributed by atoms with E-state index in [9.17, 15) is 14.9 Å². The standard InChI is InChI=1S/C16H13N5O3/c17-9-11(10-19-13-6-4-12(18)5-7-13)16(22)20-14-2-1-3-15(8-14)21(23)24/h1-8,10,19H,18H2,(H,20,22)/b11-10-. The summed E-state index contributed by atoms with van der Waals surface area (Å²) in [5.74, 6) is -0.680. The van der Waals surface area contributed by atoms with E-state index in [4.69, 9.17) is 11.0 Å². The third kappa shape index (κ3) is 4.32. The normalized spacial score (nSPS) is 10.5. The van der Waals surface area contributed by atoms with Crippen LogP contribution in [0, 0.1) is 21.4 Å². The topological polar surface area (TPSA) is 134 Å². The van der Waals surface area contributed by atoms with Crippen LogP contribution in [-0.4, -0.2) is 10.8 Å². The van der Waals surface area contributed by atoms with E-state index in [2.05, 4.69) is 10.6 Å². The van der Waals surface area contributed by atoms with E-state index >= 15 is 0 Å². The summed E-state index contributed by atoms with van der Waals surface area (Å²) >= 11 is 0. The van der Waals surface area contributed by atoms with Gasteiger partial charge in [-0.2, -0.15) is 5.26 Å². The van der Waals surface area contributed by atoms with Gasteiger partial charge in [0.25, 0.3) is 11.6 Å². The molecular weight excluding hydrogens is 310 g/mol. The number of nitro benzene ring substituents is 1. The summed E-state index contributed by atoms with van der Waals surface area (Å²) in [6.45, 7) is 0. The molecule has 0 spiro atoms. The zero-order valence-corrected chi connectivity index (χ0v) is 12.4. The zero-order valence-electron chi connectivity index (χ0n) is 12.4. The van der Waals surface area contributed by atoms with Crippen molar-refractivity contribution in [3.05, 3.63) is 70.4 Å². The van der Waals surface area contributed by atoms with Crippen molar-refractivity contribution < 1.29 is 9.72 Å². The smallest absolute Gasteiger partial charge is 0.271 e. The number of non-ortho nitro benzene ring substituents is 1. The molecule has 0 saturated heterocycles. The number of anilines is 3. The van der Waals surface area contributed by atoms with Crippen LogP contribution in [0.25, 0.3) is 0 Å². The summed E-state index contributed by atoms with van der Waals surface area (Å²) in [5.41, 5.74) is 6.70. The van der Waals surface area contributed by atoms with Gasteiger partial charge in [-0.25, -0.2) is 0 Å². The van der Waals surface area contributed by atoms with Gasteiger partial charge in [0.1, 0.15) is 11.6 Å². The highest BCUT2D eigenvalue weighted by Gasteiger charge is 2.11. The maximum Gasteiger partial charge on any atom is 0.271 e. The molecule has 120 valence electrons. The van der Waals surface area contributed by atoms with Crippen molar-refractivity contribution in [1.82, 2.24) is 0 Å². The van der Waals surface area contributed by atoms with Gasteiger partial charge in [0.15, 0.2) is 0 Å². The van der Waals surface area contributed by atoms with E-state index in [-0.39, 0.29) is 16.9 Å². The van der Waals surface area contributed by atoms with Crippen LogP contribution < -0.4 is 16.4 Å². The van der Waals surface area contributed by atoms with E-state index in [1.807, 2.05) is 0 Å². The Morgan fingerprint density at radius 1 is 1.21 bits per heavy atom. The van der Waals surface area contributed by atoms with Crippen LogP contribution in [0.5, 0.6) is 0 Å². The summed E-state index contributed by atoms with van der Waals surface area (Å²) in [5, 5.41) is 25.1. The summed E-state index contributed by atoms with van der Waals surface area (Å²) in [6, 6.07) is 13.9. The van der Waals surface area contributed by atoms with Gasteiger partial charge in [-0.1, -0.05) is 6.07 Å². The van der Waals surface area contributed by atoms with Gasteiger partial charge in [-0.05, 0) is 30.3 Å². The first-order valence-electron chi connectivity index (χ1n) is 6.78. The molecule has 2 rings (SSSR count). The Hall–Kier alpha value is -3.86. The lowest BCUT2D eigenvalue weighted by Gasteiger charge is -2.05. The highest BCUT2D eigenvalue weighted by molar-refractivity contribution is 6.06. The van der Waals surface area contributed by atoms with Crippen LogP contribution in [-0.2, 0) is 4.79 Å². The van der Waals surface area contributed by atoms with Crippen molar-refractivity contribution in [3.63, 3.8) is 0 Å². The number of nitrogens with one attached hydrogen (secondary N) is 2. The molecule has 0 aromatic heterocycles. The third-order valence-electron chi connectivity index (χ3n) is 2.97. The number of nitrogen functional groups attached to an aromatic ring is 1.